The highest BCUT2D eigenvalue weighted by Crippen LogP contribution is 2.18. The summed E-state index contributed by atoms with van der Waals surface area (Å²) in [5.41, 5.74) is 5.76. The Bertz CT molecular complexity index is 314. The maximum atomic E-state index is 12.2. The summed E-state index contributed by atoms with van der Waals surface area (Å²) >= 11 is 0. The zero-order chi connectivity index (χ0) is 12.9. The molecule has 1 rings (SSSR count). The van der Waals surface area contributed by atoms with Crippen molar-refractivity contribution >= 4 is 10.0 Å². The third-order valence-electron chi connectivity index (χ3n) is 2.90. The van der Waals surface area contributed by atoms with E-state index in [1.165, 1.54) is 4.31 Å². The second kappa shape index (κ2) is 6.65. The Kier molecular flexibility index (Phi) is 5.81. The Balaban J connectivity index is 2.56. The van der Waals surface area contributed by atoms with Crippen molar-refractivity contribution in [1.82, 2.24) is 4.31 Å². The zero-order valence-electron chi connectivity index (χ0n) is 10.5. The molecule has 0 aromatic heterocycles. The molecule has 0 bridgehead atoms. The van der Waals surface area contributed by atoms with Gasteiger partial charge in [0.1, 0.15) is 0 Å². The van der Waals surface area contributed by atoms with Gasteiger partial charge < -0.3 is 15.2 Å². The van der Waals surface area contributed by atoms with E-state index < -0.39 is 10.0 Å². The summed E-state index contributed by atoms with van der Waals surface area (Å²) in [6, 6.07) is -0.292. The average Bonchev–Trinajstić information content (AvgIpc) is 2.30. The second-order valence-electron chi connectivity index (χ2n) is 4.35. The van der Waals surface area contributed by atoms with Gasteiger partial charge in [-0.2, -0.15) is 0 Å². The van der Waals surface area contributed by atoms with Crippen molar-refractivity contribution in [3.05, 3.63) is 0 Å². The molecule has 0 saturated carbocycles. The Morgan fingerprint density at radius 1 is 1.47 bits per heavy atom. The van der Waals surface area contributed by atoms with Crippen molar-refractivity contribution in [2.24, 2.45) is 5.73 Å². The molecule has 1 unspecified atom stereocenters. The van der Waals surface area contributed by atoms with Gasteiger partial charge in [-0.3, -0.25) is 0 Å². The van der Waals surface area contributed by atoms with Gasteiger partial charge >= 0.3 is 0 Å². The van der Waals surface area contributed by atoms with Crippen molar-refractivity contribution in [3.63, 3.8) is 0 Å². The quantitative estimate of drug-likeness (QED) is 0.694. The number of rotatable bonds is 6. The fourth-order valence-corrected chi connectivity index (χ4v) is 3.63. The van der Waals surface area contributed by atoms with Crippen LogP contribution in [0.15, 0.2) is 0 Å². The molecule has 1 saturated heterocycles. The van der Waals surface area contributed by atoms with Crippen molar-refractivity contribution in [1.29, 1.82) is 0 Å². The van der Waals surface area contributed by atoms with Gasteiger partial charge in [0.05, 0.1) is 11.9 Å². The lowest BCUT2D eigenvalue weighted by molar-refractivity contribution is 0.0972. The van der Waals surface area contributed by atoms with E-state index in [4.69, 9.17) is 15.2 Å². The van der Waals surface area contributed by atoms with Crippen LogP contribution >= 0.6 is 0 Å². The van der Waals surface area contributed by atoms with E-state index >= 15 is 0 Å². The molecule has 102 valence electrons. The van der Waals surface area contributed by atoms with Crippen LogP contribution in [0.2, 0.25) is 0 Å². The second-order valence-corrected chi connectivity index (χ2v) is 6.67. The third-order valence-corrected chi connectivity index (χ3v) is 5.23. The predicted molar refractivity (Wildman–Crippen MR) is 65.2 cm³/mol. The Labute approximate surface area is 103 Å². The van der Waals surface area contributed by atoms with Gasteiger partial charge in [0.2, 0.25) is 10.0 Å². The highest BCUT2D eigenvalue weighted by atomic mass is 32.2. The first kappa shape index (κ1) is 14.8. The van der Waals surface area contributed by atoms with Crippen LogP contribution in [0.4, 0.5) is 0 Å². The van der Waals surface area contributed by atoms with Gasteiger partial charge in [0.15, 0.2) is 0 Å². The first-order valence-electron chi connectivity index (χ1n) is 5.76. The maximum absolute atomic E-state index is 12.2. The van der Waals surface area contributed by atoms with E-state index in [-0.39, 0.29) is 17.8 Å². The van der Waals surface area contributed by atoms with E-state index in [1.54, 1.807) is 14.2 Å². The normalized spacial score (nSPS) is 20.7. The van der Waals surface area contributed by atoms with Crippen LogP contribution in [0.1, 0.15) is 12.8 Å². The number of nitrogens with two attached hydrogens (primary N) is 1. The van der Waals surface area contributed by atoms with E-state index in [1.807, 2.05) is 0 Å². The summed E-state index contributed by atoms with van der Waals surface area (Å²) in [6.45, 7) is 1.67. The van der Waals surface area contributed by atoms with E-state index in [2.05, 4.69) is 0 Å². The minimum Gasteiger partial charge on any atom is -0.383 e. The van der Waals surface area contributed by atoms with Crippen LogP contribution < -0.4 is 5.73 Å². The number of methoxy groups -OCH3 is 1. The van der Waals surface area contributed by atoms with E-state index in [0.717, 1.165) is 0 Å². The van der Waals surface area contributed by atoms with Crippen molar-refractivity contribution in [2.75, 3.05) is 40.5 Å². The molecule has 1 fully saturated rings. The van der Waals surface area contributed by atoms with Crippen LogP contribution in [-0.4, -0.2) is 64.5 Å². The lowest BCUT2D eigenvalue weighted by Gasteiger charge is -2.28. The Morgan fingerprint density at radius 2 is 2.06 bits per heavy atom. The molecular weight excluding hydrogens is 244 g/mol. The van der Waals surface area contributed by atoms with Gasteiger partial charge in [-0.25, -0.2) is 12.7 Å². The van der Waals surface area contributed by atoms with Crippen LogP contribution in [0.5, 0.6) is 0 Å². The molecule has 6 nitrogen and oxygen atoms in total. The molecule has 0 aromatic carbocycles. The molecule has 0 amide bonds. The molecule has 0 spiro atoms. The summed E-state index contributed by atoms with van der Waals surface area (Å²) in [7, 11) is -0.139. The smallest absolute Gasteiger partial charge is 0.216 e. The summed E-state index contributed by atoms with van der Waals surface area (Å²) in [5, 5.41) is -0.337. The summed E-state index contributed by atoms with van der Waals surface area (Å²) in [4.78, 5) is 0. The number of sulfonamides is 1. The van der Waals surface area contributed by atoms with E-state index in [9.17, 15) is 8.42 Å². The standard InChI is InChI=1S/C10H22N2O4S/c1-12(7-9(11)8-15-2)17(13,14)10-3-5-16-6-4-10/h9-10H,3-8,11H2,1-2H3. The van der Waals surface area contributed by atoms with Crippen LogP contribution in [-0.2, 0) is 19.5 Å². The summed E-state index contributed by atoms with van der Waals surface area (Å²) < 4.78 is 35.8. The number of nitrogens with zero attached hydrogens (tertiary/aromatic N) is 1. The molecule has 1 atom stereocenters. The molecule has 0 radical (unpaired) electrons. The summed E-state index contributed by atoms with van der Waals surface area (Å²) in [5.74, 6) is 0. The highest BCUT2D eigenvalue weighted by Gasteiger charge is 2.31. The minimum atomic E-state index is -3.26. The van der Waals surface area contributed by atoms with Crippen molar-refractivity contribution in [2.45, 2.75) is 24.1 Å². The molecule has 1 heterocycles. The monoisotopic (exact) mass is 266 g/mol. The number of ether oxygens (including phenoxy) is 2. The molecule has 1 aliphatic rings. The molecule has 17 heavy (non-hydrogen) atoms. The Morgan fingerprint density at radius 3 is 2.59 bits per heavy atom. The third kappa shape index (κ3) is 4.18. The Hall–Kier alpha value is -0.210. The SMILES string of the molecule is COCC(N)CN(C)S(=O)(=O)C1CCOCC1. The van der Waals surface area contributed by atoms with Crippen LogP contribution in [0.3, 0.4) is 0 Å². The van der Waals surface area contributed by atoms with Gasteiger partial charge in [-0.05, 0) is 12.8 Å². The fraction of sp³-hybridized carbons (Fsp3) is 1.00. The zero-order valence-corrected chi connectivity index (χ0v) is 11.3. The number of hydrogen-bond acceptors (Lipinski definition) is 5. The molecule has 0 aliphatic carbocycles. The van der Waals surface area contributed by atoms with Gasteiger partial charge in [-0.15, -0.1) is 0 Å². The number of likely N-dealkylation sites (N-methyl/N-ethyl adjacent to an activating group) is 1. The lowest BCUT2D eigenvalue weighted by Crippen LogP contribution is -2.45. The largest absolute Gasteiger partial charge is 0.383 e. The molecular formula is C10H22N2O4S. The molecule has 2 N–H and O–H groups in total. The van der Waals surface area contributed by atoms with Crippen molar-refractivity contribution in [3.8, 4) is 0 Å². The molecule has 0 aromatic rings. The van der Waals surface area contributed by atoms with Gasteiger partial charge in [-0.1, -0.05) is 0 Å². The average molecular weight is 266 g/mol. The van der Waals surface area contributed by atoms with Crippen LogP contribution in [0, 0.1) is 0 Å². The lowest BCUT2D eigenvalue weighted by atomic mass is 10.2. The molecule has 7 heteroatoms. The highest BCUT2D eigenvalue weighted by molar-refractivity contribution is 7.89. The van der Waals surface area contributed by atoms with Gasteiger partial charge in [0, 0.05) is 40.0 Å². The first-order chi connectivity index (χ1) is 7.98. The topological polar surface area (TPSA) is 81.9 Å². The van der Waals surface area contributed by atoms with E-state index in [0.29, 0.717) is 32.7 Å². The minimum absolute atomic E-state index is 0.285. The molecule has 1 aliphatic heterocycles. The number of hydrogen-bond donors (Lipinski definition) is 1. The van der Waals surface area contributed by atoms with Crippen molar-refractivity contribution < 1.29 is 17.9 Å². The predicted octanol–water partition coefficient (Wildman–Crippen LogP) is -0.599. The maximum Gasteiger partial charge on any atom is 0.216 e. The summed E-state index contributed by atoms with van der Waals surface area (Å²) in [6.07, 6.45) is 1.12. The van der Waals surface area contributed by atoms with Crippen LogP contribution in [0.25, 0.3) is 0 Å². The first-order valence-corrected chi connectivity index (χ1v) is 7.26. The fourth-order valence-electron chi connectivity index (χ4n) is 1.93. The van der Waals surface area contributed by atoms with Gasteiger partial charge in [0.25, 0.3) is 0 Å².